The first kappa shape index (κ1) is 9.19. The average molecular weight is 343 g/mol. The average Bonchev–Trinajstić information content (AvgIpc) is 1.93. The van der Waals surface area contributed by atoms with Crippen LogP contribution in [0.25, 0.3) is 0 Å². The molecule has 0 aliphatic carbocycles. The van der Waals surface area contributed by atoms with E-state index in [2.05, 4.69) is 38.1 Å². The Morgan fingerprint density at radius 2 is 1.73 bits per heavy atom. The van der Waals surface area contributed by atoms with E-state index >= 15 is 0 Å². The summed E-state index contributed by atoms with van der Waals surface area (Å²) in [6.07, 6.45) is 1.20. The van der Waals surface area contributed by atoms with Gasteiger partial charge >= 0.3 is 84.0 Å². The molecule has 1 heteroatoms. The van der Waals surface area contributed by atoms with Crippen molar-refractivity contribution in [3.05, 3.63) is 29.8 Å². The number of hydrogen-bond donors (Lipinski definition) is 0. The molecule has 11 heavy (non-hydrogen) atoms. The van der Waals surface area contributed by atoms with Crippen molar-refractivity contribution in [2.75, 3.05) is 0 Å². The van der Waals surface area contributed by atoms with Gasteiger partial charge in [-0.1, -0.05) is 0 Å². The van der Waals surface area contributed by atoms with Crippen LogP contribution in [-0.2, 0) is 6.42 Å². The maximum absolute atomic E-state index is 2.25. The molecule has 0 spiro atoms. The first-order valence-corrected chi connectivity index (χ1v) is 5.40. The molecular formula is C10H13At. The summed E-state index contributed by atoms with van der Waals surface area (Å²) in [4.78, 5) is 0. The Bertz CT molecular complexity index is 211. The van der Waals surface area contributed by atoms with Crippen molar-refractivity contribution >= 4 is 3.27 Å². The van der Waals surface area contributed by atoms with E-state index in [1.54, 1.807) is 24.7 Å². The molecule has 0 bridgehead atoms. The molecule has 0 aliphatic heterocycles. The van der Waals surface area contributed by atoms with Crippen LogP contribution < -0.4 is 3.27 Å². The summed E-state index contributed by atoms with van der Waals surface area (Å²) in [5.41, 5.74) is 1.46. The molecule has 0 unspecified atom stereocenters. The molecule has 1 aromatic carbocycles. The minimum absolute atomic E-state index is 0.766. The van der Waals surface area contributed by atoms with Crippen LogP contribution >= 0.6 is 0 Å². The van der Waals surface area contributed by atoms with E-state index in [0.717, 1.165) is 5.92 Å². The van der Waals surface area contributed by atoms with E-state index in [0.29, 0.717) is 0 Å². The fourth-order valence-electron chi connectivity index (χ4n) is 1.09. The van der Waals surface area contributed by atoms with E-state index in [9.17, 15) is 0 Å². The monoisotopic (exact) mass is 343 g/mol. The fourth-order valence-corrected chi connectivity index (χ4v) is 1.58. The van der Waals surface area contributed by atoms with Gasteiger partial charge < -0.3 is 0 Å². The van der Waals surface area contributed by atoms with E-state index in [1.165, 1.54) is 15.3 Å². The van der Waals surface area contributed by atoms with Crippen LogP contribution in [0.3, 0.4) is 0 Å². The predicted molar refractivity (Wildman–Crippen MR) is 44.6 cm³/mol. The molecule has 0 saturated heterocycles. The third kappa shape index (κ3) is 3.34. The van der Waals surface area contributed by atoms with Gasteiger partial charge in [-0.25, -0.2) is 0 Å². The third-order valence-corrected chi connectivity index (χ3v) is 2.54. The zero-order valence-electron chi connectivity index (χ0n) is 6.97. The Morgan fingerprint density at radius 3 is 2.18 bits per heavy atom. The van der Waals surface area contributed by atoms with Gasteiger partial charge in [-0.15, -0.1) is 0 Å². The molecule has 0 atom stereocenters. The Labute approximate surface area is 83.9 Å². The summed E-state index contributed by atoms with van der Waals surface area (Å²) < 4.78 is 1.40. The van der Waals surface area contributed by atoms with Crippen molar-refractivity contribution in [3.63, 3.8) is 0 Å². The standard InChI is InChI=1S/C10H13At/c1-8(2)7-9-3-5-10(11)6-4-9/h3-6,8H,7H2,1-2H3. The van der Waals surface area contributed by atoms with Gasteiger partial charge in [0, 0.05) is 0 Å². The SMILES string of the molecule is CC(C)Cc1ccc([At])cc1. The Balaban J connectivity index is 2.66. The molecular weight excluding hydrogens is 330 g/mol. The summed E-state index contributed by atoms with van der Waals surface area (Å²) in [6.45, 7) is 4.51. The molecule has 0 heterocycles. The van der Waals surface area contributed by atoms with Gasteiger partial charge in [0.15, 0.2) is 0 Å². The number of benzene rings is 1. The normalized spacial score (nSPS) is 10.5. The van der Waals surface area contributed by atoms with E-state index in [4.69, 9.17) is 0 Å². The Hall–Kier alpha value is 0.103. The Morgan fingerprint density at radius 1 is 1.18 bits per heavy atom. The molecule has 0 amide bonds. The fraction of sp³-hybridized carbons (Fsp3) is 0.400. The van der Waals surface area contributed by atoms with Crippen LogP contribution in [-0.4, -0.2) is 0 Å². The van der Waals surface area contributed by atoms with Crippen molar-refractivity contribution in [3.8, 4) is 0 Å². The Kier molecular flexibility index (Phi) is 3.52. The summed E-state index contributed by atoms with van der Waals surface area (Å²) >= 11 is 1.74. The van der Waals surface area contributed by atoms with Crippen molar-refractivity contribution in [1.82, 2.24) is 0 Å². The first-order chi connectivity index (χ1) is 5.18. The van der Waals surface area contributed by atoms with Crippen LogP contribution in [0.1, 0.15) is 19.4 Å². The van der Waals surface area contributed by atoms with Gasteiger partial charge in [-0.2, -0.15) is 0 Å². The van der Waals surface area contributed by atoms with Gasteiger partial charge in [0.05, 0.1) is 0 Å². The van der Waals surface area contributed by atoms with Crippen molar-refractivity contribution < 1.29 is 24.7 Å². The number of hydrogen-bond acceptors (Lipinski definition) is 0. The van der Waals surface area contributed by atoms with Crippen LogP contribution in [0.4, 0.5) is 0 Å². The van der Waals surface area contributed by atoms with Gasteiger partial charge in [0.25, 0.3) is 0 Å². The minimum atomic E-state index is 0.766. The maximum atomic E-state index is 2.25. The van der Waals surface area contributed by atoms with Crippen LogP contribution in [0.2, 0.25) is 0 Å². The van der Waals surface area contributed by atoms with Crippen molar-refractivity contribution in [1.29, 1.82) is 0 Å². The molecule has 0 nitrogen and oxygen atoms in total. The predicted octanol–water partition coefficient (Wildman–Crippen LogP) is 2.06. The number of rotatable bonds is 2. The second-order valence-electron chi connectivity index (χ2n) is 3.22. The summed E-state index contributed by atoms with van der Waals surface area (Å²) in [5, 5.41) is 0. The molecule has 0 fully saturated rings. The van der Waals surface area contributed by atoms with Crippen LogP contribution in [0.15, 0.2) is 24.3 Å². The van der Waals surface area contributed by atoms with E-state index in [1.807, 2.05) is 0 Å². The van der Waals surface area contributed by atoms with Crippen molar-refractivity contribution in [2.24, 2.45) is 5.92 Å². The summed E-state index contributed by atoms with van der Waals surface area (Å²) in [5.74, 6) is 0.766. The third-order valence-electron chi connectivity index (χ3n) is 1.56. The molecule has 0 aliphatic rings. The molecule has 0 saturated carbocycles. The quantitative estimate of drug-likeness (QED) is 0.771. The zero-order valence-corrected chi connectivity index (χ0v) is 9.91. The van der Waals surface area contributed by atoms with Crippen molar-refractivity contribution in [2.45, 2.75) is 20.3 Å². The van der Waals surface area contributed by atoms with Gasteiger partial charge in [0.2, 0.25) is 0 Å². The van der Waals surface area contributed by atoms with E-state index < -0.39 is 0 Å². The van der Waals surface area contributed by atoms with Gasteiger partial charge in [-0.05, 0) is 0 Å². The molecule has 0 aromatic heterocycles. The topological polar surface area (TPSA) is 0 Å². The second-order valence-corrected chi connectivity index (χ2v) is 4.92. The molecule has 0 N–H and O–H groups in total. The van der Waals surface area contributed by atoms with Gasteiger partial charge in [0.1, 0.15) is 0 Å². The first-order valence-electron chi connectivity index (χ1n) is 3.93. The second kappa shape index (κ2) is 4.21. The molecule has 60 valence electrons. The van der Waals surface area contributed by atoms with Crippen LogP contribution in [0.5, 0.6) is 0 Å². The van der Waals surface area contributed by atoms with Crippen LogP contribution in [0, 0.1) is 30.6 Å². The zero-order chi connectivity index (χ0) is 8.27. The molecule has 1 aromatic rings. The van der Waals surface area contributed by atoms with Gasteiger partial charge in [-0.3, -0.25) is 0 Å². The molecule has 1 rings (SSSR count). The molecule has 0 radical (unpaired) electrons. The summed E-state index contributed by atoms with van der Waals surface area (Å²) in [6, 6.07) is 8.87. The van der Waals surface area contributed by atoms with E-state index in [-0.39, 0.29) is 0 Å². The summed E-state index contributed by atoms with van der Waals surface area (Å²) in [7, 11) is 0.